The SMILES string of the molecule is C1CSCCSS[C@H]2CCCC[C@@H]2SC1. The number of thioether (sulfide) groups is 2. The fraction of sp³-hybridized carbons (Fsp3) is 1.00. The monoisotopic (exact) mass is 280 g/mol. The Morgan fingerprint density at radius 3 is 2.53 bits per heavy atom. The summed E-state index contributed by atoms with van der Waals surface area (Å²) in [4.78, 5) is 0. The lowest BCUT2D eigenvalue weighted by Gasteiger charge is -2.30. The van der Waals surface area contributed by atoms with Crippen molar-refractivity contribution in [2.24, 2.45) is 0 Å². The Balaban J connectivity index is 1.83. The van der Waals surface area contributed by atoms with E-state index in [-0.39, 0.29) is 0 Å². The molecule has 0 nitrogen and oxygen atoms in total. The van der Waals surface area contributed by atoms with Gasteiger partial charge in [0.2, 0.25) is 0 Å². The molecule has 88 valence electrons. The first kappa shape index (κ1) is 12.8. The lowest BCUT2D eigenvalue weighted by molar-refractivity contribution is 0.529. The highest BCUT2D eigenvalue weighted by Gasteiger charge is 2.26. The average molecular weight is 281 g/mol. The van der Waals surface area contributed by atoms with Crippen LogP contribution in [0.4, 0.5) is 0 Å². The largest absolute Gasteiger partial charge is 0.161 e. The maximum absolute atomic E-state index is 2.27. The van der Waals surface area contributed by atoms with Crippen LogP contribution in [0.2, 0.25) is 0 Å². The van der Waals surface area contributed by atoms with Gasteiger partial charge < -0.3 is 0 Å². The molecule has 2 aliphatic rings. The molecule has 1 aliphatic carbocycles. The molecular weight excluding hydrogens is 260 g/mol. The molecule has 2 rings (SSSR count). The summed E-state index contributed by atoms with van der Waals surface area (Å²) in [5, 5.41) is 1.93. The molecule has 1 saturated heterocycles. The second-order valence-electron chi connectivity index (χ2n) is 4.12. The van der Waals surface area contributed by atoms with Crippen LogP contribution in [-0.2, 0) is 0 Å². The smallest absolute Gasteiger partial charge is 0.0270 e. The highest BCUT2D eigenvalue weighted by Crippen LogP contribution is 2.41. The Morgan fingerprint density at radius 1 is 0.733 bits per heavy atom. The molecule has 15 heavy (non-hydrogen) atoms. The Labute approximate surface area is 110 Å². The van der Waals surface area contributed by atoms with Crippen molar-refractivity contribution >= 4 is 45.1 Å². The Bertz CT molecular complexity index is 156. The Hall–Kier alpha value is 1.40. The van der Waals surface area contributed by atoms with Gasteiger partial charge in [0.25, 0.3) is 0 Å². The van der Waals surface area contributed by atoms with Crippen molar-refractivity contribution in [2.75, 3.05) is 23.0 Å². The van der Waals surface area contributed by atoms with Crippen molar-refractivity contribution in [3.63, 3.8) is 0 Å². The van der Waals surface area contributed by atoms with E-state index in [1.54, 1.807) is 0 Å². The van der Waals surface area contributed by atoms with Gasteiger partial charge in [0.05, 0.1) is 0 Å². The third-order valence-corrected chi connectivity index (χ3v) is 8.90. The molecule has 4 heteroatoms. The van der Waals surface area contributed by atoms with E-state index in [9.17, 15) is 0 Å². The third-order valence-electron chi connectivity index (χ3n) is 2.91. The Kier molecular flexibility index (Phi) is 6.57. The quantitative estimate of drug-likeness (QED) is 0.597. The van der Waals surface area contributed by atoms with Crippen LogP contribution >= 0.6 is 45.1 Å². The van der Waals surface area contributed by atoms with Gasteiger partial charge in [-0.15, -0.1) is 0 Å². The molecule has 0 spiro atoms. The summed E-state index contributed by atoms with van der Waals surface area (Å²) < 4.78 is 0. The van der Waals surface area contributed by atoms with Gasteiger partial charge in [0.1, 0.15) is 0 Å². The standard InChI is InChI=1S/C11H20S4/c1-2-5-11-10(4-1)13-7-3-6-12-8-9-14-15-11/h10-11H,1-9H2/t10-,11-/m0/s1. The van der Waals surface area contributed by atoms with E-state index in [0.29, 0.717) is 0 Å². The number of hydrogen-bond acceptors (Lipinski definition) is 4. The van der Waals surface area contributed by atoms with Crippen LogP contribution in [0.5, 0.6) is 0 Å². The summed E-state index contributed by atoms with van der Waals surface area (Å²) in [7, 11) is 4.32. The van der Waals surface area contributed by atoms with Gasteiger partial charge in [-0.2, -0.15) is 23.5 Å². The lowest BCUT2D eigenvalue weighted by Crippen LogP contribution is -2.24. The van der Waals surface area contributed by atoms with Crippen molar-refractivity contribution in [1.82, 2.24) is 0 Å². The van der Waals surface area contributed by atoms with Gasteiger partial charge in [-0.05, 0) is 30.8 Å². The molecular formula is C11H20S4. The molecule has 2 atom stereocenters. The summed E-state index contributed by atoms with van der Waals surface area (Å²) in [6.45, 7) is 0. The van der Waals surface area contributed by atoms with Gasteiger partial charge in [0, 0.05) is 22.0 Å². The predicted molar refractivity (Wildman–Crippen MR) is 80.5 cm³/mol. The van der Waals surface area contributed by atoms with Crippen molar-refractivity contribution in [3.05, 3.63) is 0 Å². The first-order valence-corrected chi connectivity index (χ1v) is 10.5. The van der Waals surface area contributed by atoms with Gasteiger partial charge in [-0.1, -0.05) is 34.4 Å². The van der Waals surface area contributed by atoms with Crippen LogP contribution < -0.4 is 0 Å². The second-order valence-corrected chi connectivity index (χ2v) is 9.41. The summed E-state index contributed by atoms with van der Waals surface area (Å²) in [6, 6.07) is 0. The van der Waals surface area contributed by atoms with E-state index in [1.807, 2.05) is 0 Å². The fourth-order valence-corrected chi connectivity index (χ4v) is 8.39. The average Bonchev–Trinajstić information content (AvgIpc) is 2.32. The third kappa shape index (κ3) is 4.64. The molecule has 0 aromatic carbocycles. The van der Waals surface area contributed by atoms with E-state index in [2.05, 4.69) is 45.1 Å². The topological polar surface area (TPSA) is 0 Å². The summed E-state index contributed by atoms with van der Waals surface area (Å²) >= 11 is 4.41. The van der Waals surface area contributed by atoms with Crippen molar-refractivity contribution in [1.29, 1.82) is 0 Å². The normalized spacial score (nSPS) is 35.2. The Morgan fingerprint density at radius 2 is 1.60 bits per heavy atom. The summed E-state index contributed by atoms with van der Waals surface area (Å²) in [5.41, 5.74) is 0. The van der Waals surface area contributed by atoms with Gasteiger partial charge in [-0.25, -0.2) is 0 Å². The minimum Gasteiger partial charge on any atom is -0.161 e. The van der Waals surface area contributed by atoms with Gasteiger partial charge in [0.15, 0.2) is 0 Å². The van der Waals surface area contributed by atoms with Crippen LogP contribution in [0.25, 0.3) is 0 Å². The van der Waals surface area contributed by atoms with Crippen LogP contribution in [0, 0.1) is 0 Å². The fourth-order valence-electron chi connectivity index (χ4n) is 2.09. The lowest BCUT2D eigenvalue weighted by atomic mass is 10.00. The second kappa shape index (κ2) is 7.67. The highest BCUT2D eigenvalue weighted by molar-refractivity contribution is 8.77. The van der Waals surface area contributed by atoms with Crippen LogP contribution in [-0.4, -0.2) is 33.5 Å². The molecule has 1 heterocycles. The molecule has 1 saturated carbocycles. The maximum Gasteiger partial charge on any atom is 0.0270 e. The van der Waals surface area contributed by atoms with Crippen LogP contribution in [0.1, 0.15) is 32.1 Å². The molecule has 0 bridgehead atoms. The summed E-state index contributed by atoms with van der Waals surface area (Å²) in [5.74, 6) is 5.50. The number of hydrogen-bond donors (Lipinski definition) is 0. The molecule has 1 aliphatic heterocycles. The predicted octanol–water partition coefficient (Wildman–Crippen LogP) is 4.55. The zero-order chi connectivity index (χ0) is 10.3. The first-order valence-electron chi connectivity index (χ1n) is 5.94. The first-order chi connectivity index (χ1) is 7.47. The molecule has 0 N–H and O–H groups in total. The van der Waals surface area contributed by atoms with E-state index < -0.39 is 0 Å². The molecule has 0 amide bonds. The van der Waals surface area contributed by atoms with E-state index in [4.69, 9.17) is 0 Å². The zero-order valence-corrected chi connectivity index (χ0v) is 12.4. The van der Waals surface area contributed by atoms with Gasteiger partial charge >= 0.3 is 0 Å². The van der Waals surface area contributed by atoms with Crippen molar-refractivity contribution in [3.8, 4) is 0 Å². The van der Waals surface area contributed by atoms with E-state index in [0.717, 1.165) is 10.5 Å². The summed E-state index contributed by atoms with van der Waals surface area (Å²) in [6.07, 6.45) is 7.34. The van der Waals surface area contributed by atoms with Crippen LogP contribution in [0.3, 0.4) is 0 Å². The number of fused-ring (bicyclic) bond motifs is 1. The van der Waals surface area contributed by atoms with Crippen molar-refractivity contribution in [2.45, 2.75) is 42.6 Å². The number of rotatable bonds is 0. The maximum atomic E-state index is 2.27. The molecule has 0 radical (unpaired) electrons. The highest BCUT2D eigenvalue weighted by atomic mass is 33.1. The van der Waals surface area contributed by atoms with Gasteiger partial charge in [-0.3, -0.25) is 0 Å². The zero-order valence-electron chi connectivity index (χ0n) is 9.15. The molecule has 2 fully saturated rings. The minimum atomic E-state index is 0.955. The van der Waals surface area contributed by atoms with E-state index in [1.165, 1.54) is 55.1 Å². The minimum absolute atomic E-state index is 0.955. The van der Waals surface area contributed by atoms with E-state index >= 15 is 0 Å². The molecule has 0 aromatic heterocycles. The van der Waals surface area contributed by atoms with Crippen molar-refractivity contribution < 1.29 is 0 Å². The van der Waals surface area contributed by atoms with Crippen LogP contribution in [0.15, 0.2) is 0 Å². The molecule has 0 unspecified atom stereocenters. The molecule has 0 aromatic rings.